The van der Waals surface area contributed by atoms with Gasteiger partial charge in [-0.15, -0.1) is 0 Å². The third kappa shape index (κ3) is 6.15. The molecule has 23 heteroatoms. The van der Waals surface area contributed by atoms with Crippen LogP contribution in [0.4, 0.5) is 74.6 Å². The van der Waals surface area contributed by atoms with Crippen molar-refractivity contribution >= 4 is 11.9 Å². The van der Waals surface area contributed by atoms with Gasteiger partial charge in [-0.3, -0.25) is 0 Å². The second kappa shape index (κ2) is 11.5. The zero-order valence-corrected chi connectivity index (χ0v) is 21.0. The molecule has 36 heavy (non-hydrogen) atoms. The first kappa shape index (κ1) is 40.2. The Bertz CT molecular complexity index is 782. The van der Waals surface area contributed by atoms with Crippen molar-refractivity contribution in [2.75, 3.05) is 0 Å². The van der Waals surface area contributed by atoms with Crippen molar-refractivity contribution in [1.29, 1.82) is 0 Å². The quantitative estimate of drug-likeness (QED) is 0.144. The number of hydrogen-bond acceptors (Lipinski definition) is 4. The molecular formula is C13H5F17Na2O4. The van der Waals surface area contributed by atoms with Gasteiger partial charge in [0, 0.05) is 12.3 Å². The minimum Gasteiger partial charge on any atom is -0.549 e. The summed E-state index contributed by atoms with van der Waals surface area (Å²) in [7, 11) is 0. The fourth-order valence-electron chi connectivity index (χ4n) is 2.01. The van der Waals surface area contributed by atoms with E-state index >= 15 is 0 Å². The number of hydrogen-bond donors (Lipinski definition) is 0. The minimum atomic E-state index is -8.79. The van der Waals surface area contributed by atoms with Crippen molar-refractivity contribution in [3.63, 3.8) is 0 Å². The van der Waals surface area contributed by atoms with E-state index in [9.17, 15) is 94.4 Å². The van der Waals surface area contributed by atoms with E-state index in [0.29, 0.717) is 0 Å². The fourth-order valence-corrected chi connectivity index (χ4v) is 2.01. The second-order valence-electron chi connectivity index (χ2n) is 6.38. The smallest absolute Gasteiger partial charge is 0.549 e. The van der Waals surface area contributed by atoms with Crippen molar-refractivity contribution in [1.82, 2.24) is 0 Å². The molecule has 0 aromatic carbocycles. The number of aliphatic carboxylic acids is 2. The average molecular weight is 594 g/mol. The van der Waals surface area contributed by atoms with Crippen molar-refractivity contribution in [3.05, 3.63) is 0 Å². The molecule has 0 amide bonds. The van der Waals surface area contributed by atoms with E-state index in [2.05, 4.69) is 0 Å². The first-order valence-electron chi connectivity index (χ1n) is 7.62. The molecule has 0 bridgehead atoms. The van der Waals surface area contributed by atoms with Crippen LogP contribution in [0.2, 0.25) is 0 Å². The number of rotatable bonds is 11. The van der Waals surface area contributed by atoms with Gasteiger partial charge in [-0.2, -0.15) is 74.6 Å². The molecular weight excluding hydrogens is 589 g/mol. The van der Waals surface area contributed by atoms with Gasteiger partial charge < -0.3 is 19.8 Å². The average Bonchev–Trinajstić information content (AvgIpc) is 2.58. The molecule has 0 radical (unpaired) electrons. The molecule has 0 N–H and O–H groups in total. The zero-order valence-electron chi connectivity index (χ0n) is 17.0. The van der Waals surface area contributed by atoms with Crippen molar-refractivity contribution in [2.24, 2.45) is 5.92 Å². The Morgan fingerprint density at radius 2 is 0.750 bits per heavy atom. The normalized spacial score (nSPS) is 14.7. The van der Waals surface area contributed by atoms with Gasteiger partial charge in [-0.05, 0) is 6.42 Å². The van der Waals surface area contributed by atoms with E-state index in [1.54, 1.807) is 0 Å². The molecule has 0 rings (SSSR count). The molecule has 0 aromatic heterocycles. The van der Waals surface area contributed by atoms with Crippen molar-refractivity contribution in [2.45, 2.75) is 60.5 Å². The van der Waals surface area contributed by atoms with E-state index in [0.717, 1.165) is 0 Å². The topological polar surface area (TPSA) is 80.3 Å². The molecule has 0 saturated carbocycles. The number of carbonyl (C=O) groups is 2. The summed E-state index contributed by atoms with van der Waals surface area (Å²) < 4.78 is 221. The summed E-state index contributed by atoms with van der Waals surface area (Å²) in [4.78, 5) is 20.6. The summed E-state index contributed by atoms with van der Waals surface area (Å²) in [5.41, 5.74) is 0. The number of carbonyl (C=O) groups excluding carboxylic acids is 2. The number of halogens is 17. The van der Waals surface area contributed by atoms with Crippen LogP contribution < -0.4 is 69.3 Å². The van der Waals surface area contributed by atoms with Gasteiger partial charge in [0.1, 0.15) is 0 Å². The van der Waals surface area contributed by atoms with Crippen LogP contribution in [-0.4, -0.2) is 59.6 Å². The monoisotopic (exact) mass is 594 g/mol. The van der Waals surface area contributed by atoms with Crippen molar-refractivity contribution in [3.8, 4) is 0 Å². The molecule has 0 spiro atoms. The Morgan fingerprint density at radius 3 is 1.00 bits per heavy atom. The Labute approximate surface area is 231 Å². The first-order valence-corrected chi connectivity index (χ1v) is 7.62. The van der Waals surface area contributed by atoms with Crippen LogP contribution in [-0.2, 0) is 9.59 Å². The van der Waals surface area contributed by atoms with E-state index in [4.69, 9.17) is 0 Å². The van der Waals surface area contributed by atoms with Gasteiger partial charge >= 0.3 is 107 Å². The Balaban J connectivity index is -0.00000544. The predicted octanol–water partition coefficient (Wildman–Crippen LogP) is -3.10. The molecule has 0 aliphatic rings. The van der Waals surface area contributed by atoms with E-state index < -0.39 is 78.3 Å². The zero-order chi connectivity index (χ0) is 28.1. The summed E-state index contributed by atoms with van der Waals surface area (Å²) in [6, 6.07) is 0. The molecule has 202 valence electrons. The van der Waals surface area contributed by atoms with Crippen LogP contribution in [0.3, 0.4) is 0 Å². The number of alkyl halides is 17. The molecule has 0 aliphatic carbocycles. The standard InChI is InChI=1S/C13H7F17O4.2Na/c14-6(15,2-1-3(4(31)32)5(33)34)7(16,17)8(18,19)9(20,21)10(22,23)11(24,25)12(26,27)13(28,29)30;;/h3H,1-2H2,(H,31,32)(H,33,34);;/q;2*+1/p-2. The van der Waals surface area contributed by atoms with E-state index in [1.807, 2.05) is 0 Å². The largest absolute Gasteiger partial charge is 1.00 e. The Hall–Kier alpha value is -0.250. The summed E-state index contributed by atoms with van der Waals surface area (Å²) in [6.07, 6.45) is -13.5. The van der Waals surface area contributed by atoms with Gasteiger partial charge in [0.05, 0.1) is 11.9 Å². The molecule has 4 nitrogen and oxygen atoms in total. The maximum atomic E-state index is 13.5. The summed E-state index contributed by atoms with van der Waals surface area (Å²) in [5, 5.41) is 20.6. The van der Waals surface area contributed by atoms with Crippen LogP contribution in [0.5, 0.6) is 0 Å². The minimum absolute atomic E-state index is 0. The molecule has 0 unspecified atom stereocenters. The third-order valence-corrected chi connectivity index (χ3v) is 4.10. The predicted molar refractivity (Wildman–Crippen MR) is 63.4 cm³/mol. The van der Waals surface area contributed by atoms with Crippen LogP contribution in [0.15, 0.2) is 0 Å². The van der Waals surface area contributed by atoms with E-state index in [1.165, 1.54) is 0 Å². The Kier molecular flexibility index (Phi) is 12.8. The molecule has 0 atom stereocenters. The molecule has 0 saturated heterocycles. The number of carboxylic acids is 2. The molecule has 0 fully saturated rings. The summed E-state index contributed by atoms with van der Waals surface area (Å²) in [5.74, 6) is -67.0. The van der Waals surface area contributed by atoms with Crippen LogP contribution in [0.25, 0.3) is 0 Å². The maximum Gasteiger partial charge on any atom is 1.00 e. The molecule has 0 heterocycles. The van der Waals surface area contributed by atoms with Gasteiger partial charge in [0.15, 0.2) is 0 Å². The summed E-state index contributed by atoms with van der Waals surface area (Å²) >= 11 is 0. The Morgan fingerprint density at radius 1 is 0.500 bits per heavy atom. The van der Waals surface area contributed by atoms with Gasteiger partial charge in [0.25, 0.3) is 0 Å². The van der Waals surface area contributed by atoms with E-state index in [-0.39, 0.29) is 59.1 Å². The maximum absolute atomic E-state index is 13.5. The van der Waals surface area contributed by atoms with Gasteiger partial charge in [-0.25, -0.2) is 0 Å². The van der Waals surface area contributed by atoms with Crippen LogP contribution >= 0.6 is 0 Å². The number of carboxylic acid groups (broad SMARTS) is 2. The molecule has 0 aliphatic heterocycles. The molecule has 0 aromatic rings. The van der Waals surface area contributed by atoms with Crippen molar-refractivity contribution < 1.29 is 154 Å². The third-order valence-electron chi connectivity index (χ3n) is 4.10. The first-order chi connectivity index (χ1) is 14.5. The van der Waals surface area contributed by atoms with Gasteiger partial charge in [-0.1, -0.05) is 0 Å². The van der Waals surface area contributed by atoms with Gasteiger partial charge in [0.2, 0.25) is 0 Å². The SMILES string of the molecule is O=C([O-])C(CCC(F)(F)C(F)(F)C(F)(F)C(F)(F)C(F)(F)C(F)(F)C(F)(F)C(F)(F)F)C(=O)[O-].[Na+].[Na+]. The fraction of sp³-hybridized carbons (Fsp3) is 0.846. The summed E-state index contributed by atoms with van der Waals surface area (Å²) in [6.45, 7) is 0. The van der Waals surface area contributed by atoms with Crippen LogP contribution in [0.1, 0.15) is 12.8 Å². The second-order valence-corrected chi connectivity index (χ2v) is 6.38. The van der Waals surface area contributed by atoms with Crippen LogP contribution in [0, 0.1) is 5.92 Å².